The molecule has 6 aromatic rings. The molecule has 0 radical (unpaired) electrons. The lowest BCUT2D eigenvalue weighted by Crippen LogP contribution is -2.51. The van der Waals surface area contributed by atoms with Gasteiger partial charge in [-0.3, -0.25) is 14.7 Å². The number of amides is 1. The van der Waals surface area contributed by atoms with E-state index in [1.54, 1.807) is 12.3 Å². The van der Waals surface area contributed by atoms with Gasteiger partial charge in [0.25, 0.3) is 0 Å². The molecular formula is C47H43Cl2N3O4. The third-order valence-corrected chi connectivity index (χ3v) is 11.4. The first kappa shape index (κ1) is 37.6. The molecule has 8 rings (SSSR count). The van der Waals surface area contributed by atoms with Gasteiger partial charge in [-0.1, -0.05) is 109 Å². The van der Waals surface area contributed by atoms with Crippen molar-refractivity contribution < 1.29 is 19.0 Å². The predicted octanol–water partition coefficient (Wildman–Crippen LogP) is 10.4. The van der Waals surface area contributed by atoms with E-state index in [1.165, 1.54) is 11.1 Å². The summed E-state index contributed by atoms with van der Waals surface area (Å²) in [5.41, 5.74) is 8.77. The first-order chi connectivity index (χ1) is 27.4. The Morgan fingerprint density at radius 2 is 1.64 bits per heavy atom. The van der Waals surface area contributed by atoms with E-state index in [4.69, 9.17) is 37.4 Å². The smallest absolute Gasteiger partial charge is 0.237 e. The topological polar surface area (TPSA) is 72.9 Å². The van der Waals surface area contributed by atoms with Gasteiger partial charge in [-0.2, -0.15) is 0 Å². The summed E-state index contributed by atoms with van der Waals surface area (Å²) < 4.78 is 18.9. The number of halogens is 2. The monoisotopic (exact) mass is 783 g/mol. The lowest BCUT2D eigenvalue weighted by Gasteiger charge is -2.41. The van der Waals surface area contributed by atoms with Gasteiger partial charge < -0.3 is 19.5 Å². The Kier molecular flexibility index (Phi) is 11.5. The highest BCUT2D eigenvalue weighted by molar-refractivity contribution is 6.42. The highest BCUT2D eigenvalue weighted by Crippen LogP contribution is 2.42. The Morgan fingerprint density at radius 3 is 2.39 bits per heavy atom. The minimum Gasteiger partial charge on any atom is -0.489 e. The van der Waals surface area contributed by atoms with E-state index in [2.05, 4.69) is 88.9 Å². The molecule has 1 aromatic heterocycles. The quantitative estimate of drug-likeness (QED) is 0.133. The second-order valence-corrected chi connectivity index (χ2v) is 15.1. The molecule has 0 fully saturated rings. The van der Waals surface area contributed by atoms with Crippen LogP contribution in [0.3, 0.4) is 0 Å². The van der Waals surface area contributed by atoms with Gasteiger partial charge in [0.2, 0.25) is 5.91 Å². The SMILES string of the molecule is CCC(c1ccccc1)N1Cc2cc3c(cc2CC1C(=O)NCCc1ccc(-c2cccnc2)cc1)OCC(c1ccc(OCc2ccc(Cl)c(Cl)c2)cc1)O3. The molecule has 0 saturated heterocycles. The van der Waals surface area contributed by atoms with Gasteiger partial charge in [0, 0.05) is 31.5 Å². The van der Waals surface area contributed by atoms with Crippen molar-refractivity contribution in [3.8, 4) is 28.4 Å². The Balaban J connectivity index is 0.954. The molecule has 2 aliphatic heterocycles. The van der Waals surface area contributed by atoms with Gasteiger partial charge in [0.05, 0.1) is 16.1 Å². The van der Waals surface area contributed by atoms with E-state index in [-0.39, 0.29) is 24.1 Å². The second-order valence-electron chi connectivity index (χ2n) is 14.3. The van der Waals surface area contributed by atoms with Crippen molar-refractivity contribution in [3.63, 3.8) is 0 Å². The largest absolute Gasteiger partial charge is 0.489 e. The standard InChI is InChI=1S/C47H43Cl2N3O4/c1-2-42(34-7-4-3-5-8-34)52-28-38-26-45-44(55-30-46(56-45)35-15-17-39(18-16-35)54-29-32-12-19-40(48)41(49)23-32)25-37(38)24-43(52)47(53)51-22-20-31-10-13-33(14-11-31)36-9-6-21-50-27-36/h3-19,21,23,25-27,42-43,46H,2,20,22,24,28-30H2,1H3,(H,51,53). The fraction of sp³-hybridized carbons (Fsp3) is 0.234. The van der Waals surface area contributed by atoms with E-state index in [1.807, 2.05) is 54.7 Å². The van der Waals surface area contributed by atoms with Gasteiger partial charge in [0.15, 0.2) is 17.6 Å². The van der Waals surface area contributed by atoms with Crippen LogP contribution in [0.5, 0.6) is 17.2 Å². The predicted molar refractivity (Wildman–Crippen MR) is 221 cm³/mol. The summed E-state index contributed by atoms with van der Waals surface area (Å²) in [6.07, 6.45) is 5.56. The summed E-state index contributed by atoms with van der Waals surface area (Å²) in [6, 6.07) is 40.3. The minimum absolute atomic E-state index is 0.0383. The molecule has 3 unspecified atom stereocenters. The van der Waals surface area contributed by atoms with E-state index in [0.29, 0.717) is 54.3 Å². The van der Waals surface area contributed by atoms with Crippen LogP contribution in [-0.2, 0) is 30.8 Å². The van der Waals surface area contributed by atoms with E-state index in [9.17, 15) is 4.79 Å². The number of fused-ring (bicyclic) bond motifs is 2. The van der Waals surface area contributed by atoms with Gasteiger partial charge >= 0.3 is 0 Å². The van der Waals surface area contributed by atoms with Gasteiger partial charge in [-0.25, -0.2) is 0 Å². The van der Waals surface area contributed by atoms with E-state index < -0.39 is 0 Å². The molecule has 3 heterocycles. The highest BCUT2D eigenvalue weighted by atomic mass is 35.5. The average molecular weight is 785 g/mol. The molecule has 284 valence electrons. The summed E-state index contributed by atoms with van der Waals surface area (Å²) in [7, 11) is 0. The fourth-order valence-electron chi connectivity index (χ4n) is 7.66. The molecule has 2 aliphatic rings. The summed E-state index contributed by atoms with van der Waals surface area (Å²) >= 11 is 12.2. The Morgan fingerprint density at radius 1 is 0.857 bits per heavy atom. The molecule has 5 aromatic carbocycles. The zero-order valence-corrected chi connectivity index (χ0v) is 32.7. The Labute approximate surface area is 338 Å². The van der Waals surface area contributed by atoms with Crippen molar-refractivity contribution in [3.05, 3.63) is 177 Å². The lowest BCUT2D eigenvalue weighted by molar-refractivity contribution is -0.128. The van der Waals surface area contributed by atoms with E-state index >= 15 is 0 Å². The molecule has 0 spiro atoms. The minimum atomic E-state index is -0.340. The van der Waals surface area contributed by atoms with Crippen LogP contribution in [-0.4, -0.2) is 35.0 Å². The number of nitrogens with zero attached hydrogens (tertiary/aromatic N) is 2. The van der Waals surface area contributed by atoms with Crippen LogP contribution in [0.25, 0.3) is 11.1 Å². The molecule has 7 nitrogen and oxygen atoms in total. The number of benzene rings is 5. The van der Waals surface area contributed by atoms with Crippen LogP contribution in [0, 0.1) is 0 Å². The molecule has 9 heteroatoms. The molecule has 0 bridgehead atoms. The summed E-state index contributed by atoms with van der Waals surface area (Å²) in [6.45, 7) is 4.11. The summed E-state index contributed by atoms with van der Waals surface area (Å²) in [5.74, 6) is 2.20. The van der Waals surface area contributed by atoms with Crippen LogP contribution in [0.4, 0.5) is 0 Å². The first-order valence-corrected chi connectivity index (χ1v) is 19.9. The van der Waals surface area contributed by atoms with Crippen LogP contribution < -0.4 is 19.5 Å². The first-order valence-electron chi connectivity index (χ1n) is 19.1. The number of aromatic nitrogens is 1. The number of ether oxygens (including phenoxy) is 3. The Bertz CT molecular complexity index is 2270. The number of carbonyl (C=O) groups is 1. The normalized spacial score (nSPS) is 16.8. The van der Waals surface area contributed by atoms with Crippen LogP contribution >= 0.6 is 23.2 Å². The number of carbonyl (C=O) groups excluding carboxylic acids is 1. The average Bonchev–Trinajstić information content (AvgIpc) is 3.24. The van der Waals surface area contributed by atoms with Crippen molar-refractivity contribution in [1.29, 1.82) is 0 Å². The maximum absolute atomic E-state index is 14.1. The third kappa shape index (κ3) is 8.56. The zero-order chi connectivity index (χ0) is 38.4. The van der Waals surface area contributed by atoms with Crippen molar-refractivity contribution >= 4 is 29.1 Å². The molecule has 3 atom stereocenters. The number of hydrogen-bond donors (Lipinski definition) is 1. The highest BCUT2D eigenvalue weighted by Gasteiger charge is 2.37. The van der Waals surface area contributed by atoms with Crippen molar-refractivity contribution in [1.82, 2.24) is 15.2 Å². The van der Waals surface area contributed by atoms with Crippen LogP contribution in [0.15, 0.2) is 134 Å². The third-order valence-electron chi connectivity index (χ3n) is 10.7. The maximum Gasteiger partial charge on any atom is 0.237 e. The lowest BCUT2D eigenvalue weighted by atomic mass is 9.89. The number of pyridine rings is 1. The zero-order valence-electron chi connectivity index (χ0n) is 31.2. The summed E-state index contributed by atoms with van der Waals surface area (Å²) in [5, 5.41) is 4.31. The molecule has 0 aliphatic carbocycles. The number of nitrogens with one attached hydrogen (secondary N) is 1. The van der Waals surface area contributed by atoms with Crippen molar-refractivity contribution in [2.24, 2.45) is 0 Å². The molecular weight excluding hydrogens is 741 g/mol. The second kappa shape index (κ2) is 17.2. The van der Waals surface area contributed by atoms with Crippen LogP contribution in [0.1, 0.15) is 58.9 Å². The molecule has 1 amide bonds. The molecule has 0 saturated carbocycles. The number of hydrogen-bond acceptors (Lipinski definition) is 6. The van der Waals surface area contributed by atoms with Gasteiger partial charge in [-0.15, -0.1) is 0 Å². The number of rotatable bonds is 12. The molecule has 1 N–H and O–H groups in total. The van der Waals surface area contributed by atoms with E-state index in [0.717, 1.165) is 52.0 Å². The van der Waals surface area contributed by atoms with Gasteiger partial charge in [-0.05, 0) is 106 Å². The van der Waals surface area contributed by atoms with Crippen molar-refractivity contribution in [2.45, 2.75) is 57.5 Å². The van der Waals surface area contributed by atoms with Crippen molar-refractivity contribution in [2.75, 3.05) is 13.2 Å². The van der Waals surface area contributed by atoms with Crippen LogP contribution in [0.2, 0.25) is 10.0 Å². The Hall–Kier alpha value is -5.34. The molecule has 56 heavy (non-hydrogen) atoms. The maximum atomic E-state index is 14.1. The summed E-state index contributed by atoms with van der Waals surface area (Å²) in [4.78, 5) is 20.7. The van der Waals surface area contributed by atoms with Gasteiger partial charge in [0.1, 0.15) is 19.0 Å². The fourth-order valence-corrected chi connectivity index (χ4v) is 7.98.